The number of anilines is 1. The van der Waals surface area contributed by atoms with Gasteiger partial charge in [0.1, 0.15) is 17.6 Å². The lowest BCUT2D eigenvalue weighted by atomic mass is 9.89. The zero-order valence-corrected chi connectivity index (χ0v) is 16.3. The van der Waals surface area contributed by atoms with Crippen LogP contribution >= 0.6 is 0 Å². The van der Waals surface area contributed by atoms with E-state index in [0.717, 1.165) is 23.7 Å². The summed E-state index contributed by atoms with van der Waals surface area (Å²) in [6.45, 7) is 7.26. The van der Waals surface area contributed by atoms with Crippen LogP contribution in [0.1, 0.15) is 28.4 Å². The Morgan fingerprint density at radius 2 is 1.59 bits per heavy atom. The van der Waals surface area contributed by atoms with Gasteiger partial charge in [-0.1, -0.05) is 42.5 Å². The van der Waals surface area contributed by atoms with Crippen LogP contribution in [-0.2, 0) is 0 Å². The van der Waals surface area contributed by atoms with Gasteiger partial charge < -0.3 is 14.8 Å². The van der Waals surface area contributed by atoms with E-state index in [4.69, 9.17) is 9.47 Å². The van der Waals surface area contributed by atoms with E-state index in [2.05, 4.69) is 62.5 Å². The Bertz CT molecular complexity index is 962. The van der Waals surface area contributed by atoms with E-state index in [-0.39, 0.29) is 6.10 Å². The van der Waals surface area contributed by atoms with Crippen LogP contribution in [-0.4, -0.2) is 13.7 Å². The van der Waals surface area contributed by atoms with E-state index >= 15 is 0 Å². The fourth-order valence-corrected chi connectivity index (χ4v) is 3.90. The summed E-state index contributed by atoms with van der Waals surface area (Å²) >= 11 is 0. The molecular weight excluding hydrogens is 334 g/mol. The highest BCUT2D eigenvalue weighted by atomic mass is 16.5. The molecule has 1 heterocycles. The van der Waals surface area contributed by atoms with E-state index in [1.165, 1.54) is 33.4 Å². The van der Waals surface area contributed by atoms with Crippen molar-refractivity contribution in [3.05, 3.63) is 76.9 Å². The van der Waals surface area contributed by atoms with Crippen LogP contribution in [0.5, 0.6) is 11.5 Å². The van der Waals surface area contributed by atoms with Crippen molar-refractivity contribution in [3.8, 4) is 22.6 Å². The molecule has 0 aromatic heterocycles. The van der Waals surface area contributed by atoms with Crippen LogP contribution in [0.3, 0.4) is 0 Å². The number of rotatable bonds is 3. The lowest BCUT2D eigenvalue weighted by Crippen LogP contribution is -2.25. The van der Waals surface area contributed by atoms with Crippen molar-refractivity contribution in [2.45, 2.75) is 26.9 Å². The quantitative estimate of drug-likeness (QED) is 0.638. The van der Waals surface area contributed by atoms with Crippen LogP contribution in [0.4, 0.5) is 5.69 Å². The van der Waals surface area contributed by atoms with Crippen molar-refractivity contribution in [1.29, 1.82) is 0 Å². The fraction of sp³-hybridized carbons (Fsp3) is 0.250. The maximum atomic E-state index is 6.46. The minimum Gasteiger partial charge on any atom is -0.497 e. The molecule has 1 unspecified atom stereocenters. The van der Waals surface area contributed by atoms with E-state index in [0.29, 0.717) is 0 Å². The molecule has 138 valence electrons. The predicted molar refractivity (Wildman–Crippen MR) is 111 cm³/mol. The number of hydrogen-bond donors (Lipinski definition) is 1. The van der Waals surface area contributed by atoms with E-state index < -0.39 is 0 Å². The Hall–Kier alpha value is -2.94. The van der Waals surface area contributed by atoms with Crippen molar-refractivity contribution in [1.82, 2.24) is 0 Å². The van der Waals surface area contributed by atoms with Gasteiger partial charge in [0.25, 0.3) is 0 Å². The van der Waals surface area contributed by atoms with Crippen molar-refractivity contribution in [2.75, 3.05) is 19.0 Å². The van der Waals surface area contributed by atoms with Gasteiger partial charge in [-0.15, -0.1) is 0 Å². The molecule has 1 atom stereocenters. The van der Waals surface area contributed by atoms with Gasteiger partial charge in [0, 0.05) is 0 Å². The van der Waals surface area contributed by atoms with Gasteiger partial charge in [-0.25, -0.2) is 0 Å². The summed E-state index contributed by atoms with van der Waals surface area (Å²) < 4.78 is 11.8. The van der Waals surface area contributed by atoms with Crippen molar-refractivity contribution in [2.24, 2.45) is 0 Å². The van der Waals surface area contributed by atoms with Crippen molar-refractivity contribution in [3.63, 3.8) is 0 Å². The number of ether oxygens (including phenoxy) is 2. The Morgan fingerprint density at radius 3 is 2.26 bits per heavy atom. The summed E-state index contributed by atoms with van der Waals surface area (Å²) in [4.78, 5) is 0. The van der Waals surface area contributed by atoms with Crippen LogP contribution in [0.2, 0.25) is 0 Å². The van der Waals surface area contributed by atoms with E-state index in [1.54, 1.807) is 7.11 Å². The third-order valence-corrected chi connectivity index (χ3v) is 5.53. The first-order valence-electron chi connectivity index (χ1n) is 9.33. The second-order valence-electron chi connectivity index (χ2n) is 7.08. The standard InChI is InChI=1S/C24H25NO2/c1-15-16(2)24-23(25-14-21(27-24)18-8-6-5-7-9-18)17(3)22(15)19-10-12-20(26-4)13-11-19/h5-13,21,25H,14H2,1-4H3. The average molecular weight is 359 g/mol. The summed E-state index contributed by atoms with van der Waals surface area (Å²) in [5, 5.41) is 3.63. The first-order valence-corrected chi connectivity index (χ1v) is 9.33. The smallest absolute Gasteiger partial charge is 0.146 e. The molecule has 27 heavy (non-hydrogen) atoms. The maximum Gasteiger partial charge on any atom is 0.146 e. The van der Waals surface area contributed by atoms with Crippen LogP contribution in [0.15, 0.2) is 54.6 Å². The fourth-order valence-electron chi connectivity index (χ4n) is 3.90. The molecule has 3 aromatic rings. The first kappa shape index (κ1) is 17.5. The molecule has 1 aliphatic heterocycles. The Balaban J connectivity index is 1.77. The first-order chi connectivity index (χ1) is 13.1. The second kappa shape index (κ2) is 6.99. The van der Waals surface area contributed by atoms with Gasteiger partial charge in [0.15, 0.2) is 0 Å². The van der Waals surface area contributed by atoms with Gasteiger partial charge in [-0.2, -0.15) is 0 Å². The summed E-state index contributed by atoms with van der Waals surface area (Å²) in [6, 6.07) is 18.7. The Morgan fingerprint density at radius 1 is 0.889 bits per heavy atom. The summed E-state index contributed by atoms with van der Waals surface area (Å²) in [5.74, 6) is 1.85. The lowest BCUT2D eigenvalue weighted by Gasteiger charge is -2.32. The number of nitrogens with one attached hydrogen (secondary N) is 1. The molecule has 0 aliphatic carbocycles. The van der Waals surface area contributed by atoms with E-state index in [1.807, 2.05) is 18.2 Å². The molecule has 3 heteroatoms. The molecule has 0 fully saturated rings. The van der Waals surface area contributed by atoms with Crippen LogP contribution in [0, 0.1) is 20.8 Å². The molecule has 0 amide bonds. The number of hydrogen-bond acceptors (Lipinski definition) is 3. The maximum absolute atomic E-state index is 6.46. The summed E-state index contributed by atoms with van der Waals surface area (Å²) in [5.41, 5.74) is 8.44. The van der Waals surface area contributed by atoms with Crippen molar-refractivity contribution >= 4 is 5.69 Å². The Kier molecular flexibility index (Phi) is 4.53. The molecule has 0 bridgehead atoms. The summed E-state index contributed by atoms with van der Waals surface area (Å²) in [6.07, 6.45) is 0.0306. The molecule has 0 radical (unpaired) electrons. The zero-order valence-electron chi connectivity index (χ0n) is 16.3. The molecule has 3 nitrogen and oxygen atoms in total. The minimum absolute atomic E-state index is 0.0306. The molecule has 0 saturated carbocycles. The van der Waals surface area contributed by atoms with Gasteiger partial charge in [-0.05, 0) is 66.3 Å². The van der Waals surface area contributed by atoms with Gasteiger partial charge in [0.05, 0.1) is 19.3 Å². The largest absolute Gasteiger partial charge is 0.497 e. The number of methoxy groups -OCH3 is 1. The molecule has 1 N–H and O–H groups in total. The highest BCUT2D eigenvalue weighted by Gasteiger charge is 2.27. The monoisotopic (exact) mass is 359 g/mol. The SMILES string of the molecule is COc1ccc(-c2c(C)c(C)c3c(c2C)NCC(c2ccccc2)O3)cc1. The Labute approximate surface area is 161 Å². The normalized spacial score (nSPS) is 15.5. The molecule has 0 spiro atoms. The average Bonchev–Trinajstić information content (AvgIpc) is 2.73. The van der Waals surface area contributed by atoms with Crippen LogP contribution in [0.25, 0.3) is 11.1 Å². The predicted octanol–water partition coefficient (Wildman–Crippen LogP) is 5.83. The highest BCUT2D eigenvalue weighted by Crippen LogP contribution is 2.45. The third-order valence-electron chi connectivity index (χ3n) is 5.53. The minimum atomic E-state index is 0.0306. The number of benzene rings is 3. The van der Waals surface area contributed by atoms with E-state index in [9.17, 15) is 0 Å². The summed E-state index contributed by atoms with van der Waals surface area (Å²) in [7, 11) is 1.69. The topological polar surface area (TPSA) is 30.5 Å². The third kappa shape index (κ3) is 3.03. The van der Waals surface area contributed by atoms with Gasteiger partial charge >= 0.3 is 0 Å². The second-order valence-corrected chi connectivity index (χ2v) is 7.08. The molecular formula is C24H25NO2. The zero-order chi connectivity index (χ0) is 19.0. The number of fused-ring (bicyclic) bond motifs is 1. The van der Waals surface area contributed by atoms with Crippen LogP contribution < -0.4 is 14.8 Å². The molecule has 3 aromatic carbocycles. The molecule has 1 aliphatic rings. The molecule has 4 rings (SSSR count). The van der Waals surface area contributed by atoms with Gasteiger partial charge in [0.2, 0.25) is 0 Å². The van der Waals surface area contributed by atoms with Gasteiger partial charge in [-0.3, -0.25) is 0 Å². The lowest BCUT2D eigenvalue weighted by molar-refractivity contribution is 0.208. The molecule has 0 saturated heterocycles. The highest BCUT2D eigenvalue weighted by molar-refractivity contribution is 5.83. The van der Waals surface area contributed by atoms with Crippen molar-refractivity contribution < 1.29 is 9.47 Å².